The van der Waals surface area contributed by atoms with Crippen LogP contribution < -0.4 is 0 Å². The minimum Gasteiger partial charge on any atom is -0.277 e. The highest BCUT2D eigenvalue weighted by molar-refractivity contribution is 5.97. The molecule has 0 aromatic heterocycles. The first-order valence-electron chi connectivity index (χ1n) is 3.23. The Labute approximate surface area is 61.2 Å². The van der Waals surface area contributed by atoms with Crippen LogP contribution in [-0.2, 0) is 0 Å². The van der Waals surface area contributed by atoms with Crippen LogP contribution in [0.2, 0.25) is 0 Å². The largest absolute Gasteiger partial charge is 0.277 e. The van der Waals surface area contributed by atoms with E-state index in [1.807, 2.05) is 18.2 Å². The molecule has 0 spiro atoms. The first-order valence-corrected chi connectivity index (χ1v) is 3.23. The second kappa shape index (κ2) is 3.68. The van der Waals surface area contributed by atoms with Gasteiger partial charge in [-0.3, -0.25) is 4.99 Å². The third-order valence-electron chi connectivity index (χ3n) is 1.24. The van der Waals surface area contributed by atoms with E-state index >= 15 is 0 Å². The van der Waals surface area contributed by atoms with Crippen LogP contribution in [-0.4, -0.2) is 12.3 Å². The second-order valence-electron chi connectivity index (χ2n) is 2.00. The number of rotatable bonds is 1. The zero-order valence-electron chi connectivity index (χ0n) is 5.75. The van der Waals surface area contributed by atoms with Gasteiger partial charge in [0.2, 0.25) is 0 Å². The molecular formula is C9H9N. The van der Waals surface area contributed by atoms with Crippen molar-refractivity contribution in [2.45, 2.75) is 6.42 Å². The molecule has 1 aliphatic rings. The van der Waals surface area contributed by atoms with Gasteiger partial charge in [-0.1, -0.05) is 24.1 Å². The number of allylic oxidation sites excluding steroid dienone is 4. The summed E-state index contributed by atoms with van der Waals surface area (Å²) in [6, 6.07) is 0. The molecule has 1 rings (SSSR count). The van der Waals surface area contributed by atoms with Gasteiger partial charge >= 0.3 is 0 Å². The van der Waals surface area contributed by atoms with Crippen molar-refractivity contribution >= 4 is 5.71 Å². The Morgan fingerprint density at radius 3 is 3.10 bits per heavy atom. The summed E-state index contributed by atoms with van der Waals surface area (Å²) in [6.45, 7) is 0.494. The number of nitrogens with zero attached hydrogens (tertiary/aromatic N) is 1. The molecule has 0 bridgehead atoms. The smallest absolute Gasteiger partial charge is 0.0998 e. The quantitative estimate of drug-likeness (QED) is 0.479. The van der Waals surface area contributed by atoms with Gasteiger partial charge in [0.15, 0.2) is 0 Å². The van der Waals surface area contributed by atoms with E-state index < -0.39 is 0 Å². The van der Waals surface area contributed by atoms with E-state index in [0.717, 1.165) is 12.1 Å². The maximum Gasteiger partial charge on any atom is 0.0998 e. The van der Waals surface area contributed by atoms with E-state index in [9.17, 15) is 0 Å². The number of hydrogen-bond acceptors (Lipinski definition) is 1. The zero-order valence-corrected chi connectivity index (χ0v) is 5.75. The first-order chi connectivity index (χ1) is 4.93. The number of hydrogen-bond donors (Lipinski definition) is 0. The summed E-state index contributed by atoms with van der Waals surface area (Å²) in [5.41, 5.74) is 1.07. The maximum absolute atomic E-state index is 5.05. The van der Waals surface area contributed by atoms with Gasteiger partial charge in [-0.05, 0) is 6.08 Å². The summed E-state index contributed by atoms with van der Waals surface area (Å²) >= 11 is 0. The van der Waals surface area contributed by atoms with Crippen LogP contribution in [0, 0.1) is 12.3 Å². The van der Waals surface area contributed by atoms with E-state index in [2.05, 4.69) is 17.0 Å². The molecule has 0 heterocycles. The summed E-state index contributed by atoms with van der Waals surface area (Å²) in [6.07, 6.45) is 14.0. The highest BCUT2D eigenvalue weighted by Gasteiger charge is 1.91. The van der Waals surface area contributed by atoms with Crippen LogP contribution in [0.5, 0.6) is 0 Å². The lowest BCUT2D eigenvalue weighted by Gasteiger charge is -1.97. The average molecular weight is 131 g/mol. The van der Waals surface area contributed by atoms with Gasteiger partial charge in [0.05, 0.1) is 6.54 Å². The zero-order chi connectivity index (χ0) is 7.23. The standard InChI is InChI=1S/C9H9N/c1-2-8-10-9-6-4-3-5-7-9/h1,3-6H,7-8H2. The molecule has 0 radical (unpaired) electrons. The Morgan fingerprint density at radius 1 is 1.60 bits per heavy atom. The highest BCUT2D eigenvalue weighted by atomic mass is 14.7. The van der Waals surface area contributed by atoms with Gasteiger partial charge in [0.1, 0.15) is 0 Å². The minimum atomic E-state index is 0.494. The van der Waals surface area contributed by atoms with E-state index in [1.165, 1.54) is 0 Å². The molecule has 0 fully saturated rings. The van der Waals surface area contributed by atoms with Crippen LogP contribution in [0.15, 0.2) is 29.3 Å². The van der Waals surface area contributed by atoms with Gasteiger partial charge in [-0.25, -0.2) is 0 Å². The second-order valence-corrected chi connectivity index (χ2v) is 2.00. The normalized spacial score (nSPS) is 19.3. The fourth-order valence-corrected chi connectivity index (χ4v) is 0.766. The maximum atomic E-state index is 5.05. The Balaban J connectivity index is 2.51. The lowest BCUT2D eigenvalue weighted by Crippen LogP contribution is -1.94. The monoisotopic (exact) mass is 131 g/mol. The van der Waals surface area contributed by atoms with Crippen LogP contribution in [0.1, 0.15) is 6.42 Å². The van der Waals surface area contributed by atoms with Gasteiger partial charge < -0.3 is 0 Å². The van der Waals surface area contributed by atoms with Gasteiger partial charge in [-0.15, -0.1) is 6.42 Å². The fourth-order valence-electron chi connectivity index (χ4n) is 0.766. The third-order valence-corrected chi connectivity index (χ3v) is 1.24. The molecule has 0 aromatic carbocycles. The van der Waals surface area contributed by atoms with Crippen molar-refractivity contribution in [3.63, 3.8) is 0 Å². The molecule has 10 heavy (non-hydrogen) atoms. The summed E-state index contributed by atoms with van der Waals surface area (Å²) in [5.74, 6) is 2.47. The lowest BCUT2D eigenvalue weighted by molar-refractivity contribution is 1.25. The van der Waals surface area contributed by atoms with Crippen molar-refractivity contribution in [1.29, 1.82) is 0 Å². The van der Waals surface area contributed by atoms with Gasteiger partial charge in [0, 0.05) is 12.1 Å². The molecule has 0 amide bonds. The van der Waals surface area contributed by atoms with Crippen molar-refractivity contribution in [2.75, 3.05) is 6.54 Å². The summed E-state index contributed by atoms with van der Waals surface area (Å²) in [7, 11) is 0. The van der Waals surface area contributed by atoms with Crippen LogP contribution >= 0.6 is 0 Å². The van der Waals surface area contributed by atoms with Crippen molar-refractivity contribution in [1.82, 2.24) is 0 Å². The Morgan fingerprint density at radius 2 is 2.50 bits per heavy atom. The molecule has 1 heteroatoms. The van der Waals surface area contributed by atoms with Crippen LogP contribution in [0.4, 0.5) is 0 Å². The molecule has 50 valence electrons. The van der Waals surface area contributed by atoms with Gasteiger partial charge in [0.25, 0.3) is 0 Å². The Hall–Kier alpha value is -1.29. The van der Waals surface area contributed by atoms with Crippen molar-refractivity contribution in [3.8, 4) is 12.3 Å². The molecule has 0 saturated heterocycles. The number of terminal acetylenes is 1. The fraction of sp³-hybridized carbons (Fsp3) is 0.222. The minimum absolute atomic E-state index is 0.494. The molecule has 0 aliphatic heterocycles. The van der Waals surface area contributed by atoms with Crippen molar-refractivity contribution in [2.24, 2.45) is 4.99 Å². The van der Waals surface area contributed by atoms with Gasteiger partial charge in [-0.2, -0.15) is 0 Å². The van der Waals surface area contributed by atoms with E-state index in [1.54, 1.807) is 0 Å². The Bertz CT molecular complexity index is 226. The average Bonchev–Trinajstić information content (AvgIpc) is 2.03. The first kappa shape index (κ1) is 6.82. The summed E-state index contributed by atoms with van der Waals surface area (Å²) in [4.78, 5) is 4.14. The molecule has 1 aliphatic carbocycles. The van der Waals surface area contributed by atoms with E-state index in [4.69, 9.17) is 6.42 Å². The lowest BCUT2D eigenvalue weighted by atomic mass is 10.1. The van der Waals surface area contributed by atoms with Crippen LogP contribution in [0.25, 0.3) is 0 Å². The van der Waals surface area contributed by atoms with E-state index in [0.29, 0.717) is 6.54 Å². The highest BCUT2D eigenvalue weighted by Crippen LogP contribution is 1.98. The molecular weight excluding hydrogens is 122 g/mol. The topological polar surface area (TPSA) is 12.4 Å². The molecule has 0 saturated carbocycles. The van der Waals surface area contributed by atoms with Crippen molar-refractivity contribution < 1.29 is 0 Å². The Kier molecular flexibility index (Phi) is 2.51. The van der Waals surface area contributed by atoms with E-state index in [-0.39, 0.29) is 0 Å². The summed E-state index contributed by atoms with van der Waals surface area (Å²) in [5, 5.41) is 0. The molecule has 0 aromatic rings. The number of aliphatic imine (C=N–C) groups is 1. The third kappa shape index (κ3) is 1.91. The van der Waals surface area contributed by atoms with Crippen molar-refractivity contribution in [3.05, 3.63) is 24.3 Å². The SMILES string of the molecule is C#CCN=C1C=CC=CC1. The molecule has 0 unspecified atom stereocenters. The summed E-state index contributed by atoms with van der Waals surface area (Å²) < 4.78 is 0. The predicted octanol–water partition coefficient (Wildman–Crippen LogP) is 1.58. The molecule has 1 nitrogen and oxygen atoms in total. The molecule has 0 N–H and O–H groups in total. The molecule has 0 atom stereocenters. The van der Waals surface area contributed by atoms with Crippen LogP contribution in [0.3, 0.4) is 0 Å². The predicted molar refractivity (Wildman–Crippen MR) is 44.0 cm³/mol.